The SMILES string of the molecule is CCCCc1ccc(N2C(=O)c3cc(N(C)CCO)c4ccccc4c3C2=O)cc1. The topological polar surface area (TPSA) is 60.9 Å². The molecule has 0 saturated carbocycles. The van der Waals surface area contributed by atoms with Gasteiger partial charge in [-0.3, -0.25) is 9.59 Å². The Morgan fingerprint density at radius 2 is 1.67 bits per heavy atom. The van der Waals surface area contributed by atoms with E-state index >= 15 is 0 Å². The predicted molar refractivity (Wildman–Crippen MR) is 120 cm³/mol. The molecule has 0 aliphatic carbocycles. The smallest absolute Gasteiger partial charge is 0.266 e. The summed E-state index contributed by atoms with van der Waals surface area (Å²) in [6.07, 6.45) is 3.23. The Balaban J connectivity index is 1.79. The highest BCUT2D eigenvalue weighted by atomic mass is 16.3. The molecule has 3 aromatic rings. The lowest BCUT2D eigenvalue weighted by molar-refractivity contribution is 0.0926. The van der Waals surface area contributed by atoms with Gasteiger partial charge in [0.25, 0.3) is 11.8 Å². The number of aliphatic hydroxyl groups excluding tert-OH is 1. The molecule has 0 atom stereocenters. The van der Waals surface area contributed by atoms with Crippen LogP contribution in [0.25, 0.3) is 10.8 Å². The first-order valence-corrected chi connectivity index (χ1v) is 10.4. The van der Waals surface area contributed by atoms with Crippen molar-refractivity contribution in [3.8, 4) is 0 Å². The lowest BCUT2D eigenvalue weighted by Crippen LogP contribution is -2.29. The van der Waals surface area contributed by atoms with Crippen LogP contribution in [0.3, 0.4) is 0 Å². The number of aliphatic hydroxyl groups is 1. The number of likely N-dealkylation sites (N-methyl/N-ethyl adjacent to an activating group) is 1. The molecule has 0 unspecified atom stereocenters. The molecule has 1 N–H and O–H groups in total. The minimum atomic E-state index is -0.305. The number of carbonyl (C=O) groups is 2. The van der Waals surface area contributed by atoms with Gasteiger partial charge in [-0.2, -0.15) is 0 Å². The molecule has 5 heteroatoms. The fourth-order valence-electron chi connectivity index (χ4n) is 4.09. The Hall–Kier alpha value is -3.18. The van der Waals surface area contributed by atoms with Crippen LogP contribution in [0.4, 0.5) is 11.4 Å². The molecule has 1 heterocycles. The van der Waals surface area contributed by atoms with Gasteiger partial charge in [0.05, 0.1) is 23.4 Å². The Morgan fingerprint density at radius 1 is 0.967 bits per heavy atom. The zero-order valence-electron chi connectivity index (χ0n) is 17.4. The lowest BCUT2D eigenvalue weighted by atomic mass is 9.98. The van der Waals surface area contributed by atoms with E-state index in [1.807, 2.05) is 60.5 Å². The van der Waals surface area contributed by atoms with Gasteiger partial charge in [-0.25, -0.2) is 4.90 Å². The number of imide groups is 1. The van der Waals surface area contributed by atoms with Crippen molar-refractivity contribution in [1.82, 2.24) is 0 Å². The first-order chi connectivity index (χ1) is 14.6. The summed E-state index contributed by atoms with van der Waals surface area (Å²) >= 11 is 0. The molecular weight excluding hydrogens is 376 g/mol. The molecule has 30 heavy (non-hydrogen) atoms. The highest BCUT2D eigenvalue weighted by molar-refractivity contribution is 6.38. The van der Waals surface area contributed by atoms with Gasteiger partial charge >= 0.3 is 0 Å². The van der Waals surface area contributed by atoms with Crippen LogP contribution in [0, 0.1) is 0 Å². The van der Waals surface area contributed by atoms with Crippen LogP contribution in [-0.4, -0.2) is 37.1 Å². The van der Waals surface area contributed by atoms with E-state index in [9.17, 15) is 14.7 Å². The average Bonchev–Trinajstić information content (AvgIpc) is 3.02. The van der Waals surface area contributed by atoms with Crippen LogP contribution in [0.5, 0.6) is 0 Å². The third-order valence-corrected chi connectivity index (χ3v) is 5.73. The summed E-state index contributed by atoms with van der Waals surface area (Å²) in [5.41, 5.74) is 3.49. The van der Waals surface area contributed by atoms with Crippen molar-refractivity contribution in [2.75, 3.05) is 30.0 Å². The highest BCUT2D eigenvalue weighted by Gasteiger charge is 2.39. The number of hydrogen-bond acceptors (Lipinski definition) is 4. The number of amides is 2. The molecule has 0 bridgehead atoms. The maximum Gasteiger partial charge on any atom is 0.266 e. The summed E-state index contributed by atoms with van der Waals surface area (Å²) in [5.74, 6) is -0.593. The molecule has 2 amide bonds. The zero-order valence-corrected chi connectivity index (χ0v) is 17.4. The van der Waals surface area contributed by atoms with Gasteiger partial charge in [0, 0.05) is 24.7 Å². The third-order valence-electron chi connectivity index (χ3n) is 5.73. The molecule has 0 saturated heterocycles. The van der Waals surface area contributed by atoms with Crippen LogP contribution in [0.1, 0.15) is 46.0 Å². The minimum absolute atomic E-state index is 0.00525. The second-order valence-electron chi connectivity index (χ2n) is 7.72. The molecule has 1 aliphatic heterocycles. The zero-order chi connectivity index (χ0) is 21.3. The van der Waals surface area contributed by atoms with Crippen LogP contribution < -0.4 is 9.80 Å². The largest absolute Gasteiger partial charge is 0.395 e. The van der Waals surface area contributed by atoms with Crippen molar-refractivity contribution in [2.45, 2.75) is 26.2 Å². The summed E-state index contributed by atoms with van der Waals surface area (Å²) in [4.78, 5) is 29.8. The molecule has 0 aromatic heterocycles. The second-order valence-corrected chi connectivity index (χ2v) is 7.72. The summed E-state index contributed by atoms with van der Waals surface area (Å²) in [5, 5.41) is 11.0. The molecule has 0 fully saturated rings. The monoisotopic (exact) mass is 402 g/mol. The number of rotatable bonds is 7. The van der Waals surface area contributed by atoms with E-state index in [1.54, 1.807) is 6.07 Å². The van der Waals surface area contributed by atoms with Crippen LogP contribution in [0.2, 0.25) is 0 Å². The van der Waals surface area contributed by atoms with Gasteiger partial charge in [-0.15, -0.1) is 0 Å². The minimum Gasteiger partial charge on any atom is -0.395 e. The van der Waals surface area contributed by atoms with Gasteiger partial charge in [0.1, 0.15) is 0 Å². The van der Waals surface area contributed by atoms with Crippen LogP contribution >= 0.6 is 0 Å². The molecule has 154 valence electrons. The number of fused-ring (bicyclic) bond motifs is 3. The lowest BCUT2D eigenvalue weighted by Gasteiger charge is -2.21. The quantitative estimate of drug-likeness (QED) is 0.595. The number of benzene rings is 3. The maximum absolute atomic E-state index is 13.3. The van der Waals surface area contributed by atoms with Crippen molar-refractivity contribution in [3.63, 3.8) is 0 Å². The van der Waals surface area contributed by atoms with Crippen LogP contribution in [0.15, 0.2) is 54.6 Å². The molecule has 1 aliphatic rings. The van der Waals surface area contributed by atoms with Gasteiger partial charge in [0.2, 0.25) is 0 Å². The van der Waals surface area contributed by atoms with E-state index in [4.69, 9.17) is 0 Å². The summed E-state index contributed by atoms with van der Waals surface area (Å²) in [6.45, 7) is 2.60. The molecular formula is C25H26N2O3. The Morgan fingerprint density at radius 3 is 2.33 bits per heavy atom. The Bertz CT molecular complexity index is 1110. The Kier molecular flexibility index (Phi) is 5.55. The fourth-order valence-corrected chi connectivity index (χ4v) is 4.09. The summed E-state index contributed by atoms with van der Waals surface area (Å²) < 4.78 is 0. The highest BCUT2D eigenvalue weighted by Crippen LogP contribution is 2.38. The van der Waals surface area contributed by atoms with Gasteiger partial charge in [-0.05, 0) is 42.0 Å². The molecule has 5 nitrogen and oxygen atoms in total. The molecule has 4 rings (SSSR count). The predicted octanol–water partition coefficient (Wildman–Crippen LogP) is 4.41. The van der Waals surface area contributed by atoms with E-state index in [0.29, 0.717) is 23.4 Å². The van der Waals surface area contributed by atoms with E-state index < -0.39 is 0 Å². The van der Waals surface area contributed by atoms with Crippen molar-refractivity contribution in [2.24, 2.45) is 0 Å². The normalized spacial score (nSPS) is 13.2. The maximum atomic E-state index is 13.3. The molecule has 0 radical (unpaired) electrons. The first kappa shape index (κ1) is 20.1. The second kappa shape index (κ2) is 8.28. The van der Waals surface area contributed by atoms with E-state index in [2.05, 4.69) is 6.92 Å². The van der Waals surface area contributed by atoms with Crippen molar-refractivity contribution in [3.05, 3.63) is 71.3 Å². The van der Waals surface area contributed by atoms with E-state index in [-0.39, 0.29) is 18.4 Å². The standard InChI is InChI=1S/C25H26N2O3/c1-3-4-7-17-10-12-18(13-11-17)27-24(29)21-16-22(26(2)14-15-28)19-8-5-6-9-20(19)23(21)25(27)30/h5-6,8-13,16,28H,3-4,7,14-15H2,1-2H3. The van der Waals surface area contributed by atoms with E-state index in [0.717, 1.165) is 35.7 Å². The van der Waals surface area contributed by atoms with Gasteiger partial charge in [-0.1, -0.05) is 49.7 Å². The van der Waals surface area contributed by atoms with Crippen molar-refractivity contribution in [1.29, 1.82) is 0 Å². The Labute approximate surface area is 176 Å². The van der Waals surface area contributed by atoms with E-state index in [1.165, 1.54) is 10.5 Å². The number of hydrogen-bond donors (Lipinski definition) is 1. The first-order valence-electron chi connectivity index (χ1n) is 10.4. The van der Waals surface area contributed by atoms with Gasteiger partial charge < -0.3 is 10.0 Å². The summed E-state index contributed by atoms with van der Waals surface area (Å²) in [6, 6.07) is 17.1. The van der Waals surface area contributed by atoms with Crippen molar-refractivity contribution >= 4 is 34.0 Å². The number of anilines is 2. The average molecular weight is 402 g/mol. The number of nitrogens with zero attached hydrogens (tertiary/aromatic N) is 2. The molecule has 3 aromatic carbocycles. The third kappa shape index (κ3) is 3.35. The number of aryl methyl sites for hydroxylation is 1. The summed E-state index contributed by atoms with van der Waals surface area (Å²) in [7, 11) is 1.87. The molecule has 0 spiro atoms. The van der Waals surface area contributed by atoms with Crippen molar-refractivity contribution < 1.29 is 14.7 Å². The fraction of sp³-hybridized carbons (Fsp3) is 0.280. The van der Waals surface area contributed by atoms with Gasteiger partial charge in [0.15, 0.2) is 0 Å². The number of carbonyl (C=O) groups excluding carboxylic acids is 2. The number of unbranched alkanes of at least 4 members (excludes halogenated alkanes) is 1. The van der Waals surface area contributed by atoms with Crippen LogP contribution in [-0.2, 0) is 6.42 Å².